The molecule has 25 heavy (non-hydrogen) atoms. The van der Waals surface area contributed by atoms with Crippen molar-refractivity contribution in [1.29, 1.82) is 0 Å². The van der Waals surface area contributed by atoms with Gasteiger partial charge < -0.3 is 5.32 Å². The summed E-state index contributed by atoms with van der Waals surface area (Å²) in [6.45, 7) is 0. The molecule has 0 saturated heterocycles. The quantitative estimate of drug-likeness (QED) is 0.601. The van der Waals surface area contributed by atoms with Gasteiger partial charge in [0.2, 0.25) is 5.95 Å². The first kappa shape index (κ1) is 14.9. The summed E-state index contributed by atoms with van der Waals surface area (Å²) in [6.07, 6.45) is 4.94. The highest BCUT2D eigenvalue weighted by molar-refractivity contribution is 5.91. The minimum atomic E-state index is -0.340. The number of aromatic nitrogens is 4. The van der Waals surface area contributed by atoms with Gasteiger partial charge in [0.15, 0.2) is 5.65 Å². The Morgan fingerprint density at radius 2 is 1.88 bits per heavy atom. The number of hydrogen-bond acceptors (Lipinski definition) is 5. The van der Waals surface area contributed by atoms with Crippen molar-refractivity contribution in [3.05, 3.63) is 77.2 Å². The fraction of sp³-hybridized carbons (Fsp3) is 0. The second-order valence-corrected chi connectivity index (χ2v) is 5.35. The highest BCUT2D eigenvalue weighted by Crippen LogP contribution is 2.24. The van der Waals surface area contributed by atoms with Gasteiger partial charge >= 0.3 is 0 Å². The first-order chi connectivity index (χ1) is 12.2. The molecule has 0 spiro atoms. The summed E-state index contributed by atoms with van der Waals surface area (Å²) >= 11 is 0. The molecule has 3 heterocycles. The zero-order chi connectivity index (χ0) is 17.2. The van der Waals surface area contributed by atoms with E-state index in [0.29, 0.717) is 22.3 Å². The summed E-state index contributed by atoms with van der Waals surface area (Å²) in [4.78, 5) is 27.9. The third-order valence-electron chi connectivity index (χ3n) is 3.69. The van der Waals surface area contributed by atoms with Gasteiger partial charge in [-0.2, -0.15) is 4.98 Å². The van der Waals surface area contributed by atoms with Crippen LogP contribution in [0.15, 0.2) is 65.8 Å². The number of nitrogens with one attached hydrogen (secondary N) is 2. The molecule has 4 aromatic rings. The van der Waals surface area contributed by atoms with Crippen LogP contribution in [0.5, 0.6) is 0 Å². The second kappa shape index (κ2) is 6.12. The Morgan fingerprint density at radius 3 is 2.64 bits per heavy atom. The number of halogens is 1. The number of rotatable bonds is 3. The van der Waals surface area contributed by atoms with Crippen LogP contribution >= 0.6 is 0 Å². The Bertz CT molecular complexity index is 1090. The Labute approximate surface area is 141 Å². The standard InChI is InChI=1S/C18H12FN5O/c19-12-3-5-13(6-4-12)22-18-23-16-15(17(25)24-18)14(7-9-21-16)11-2-1-8-20-10-11/h1-10H,(H2,21,22,23,24,25). The van der Waals surface area contributed by atoms with Gasteiger partial charge in [0, 0.05) is 35.4 Å². The van der Waals surface area contributed by atoms with Gasteiger partial charge in [-0.1, -0.05) is 6.07 Å². The maximum atomic E-state index is 13.0. The lowest BCUT2D eigenvalue weighted by molar-refractivity contribution is 0.628. The maximum absolute atomic E-state index is 13.0. The van der Waals surface area contributed by atoms with Crippen LogP contribution in [0.1, 0.15) is 0 Å². The molecule has 0 amide bonds. The van der Waals surface area contributed by atoms with Crippen LogP contribution in [0.2, 0.25) is 0 Å². The van der Waals surface area contributed by atoms with Crippen molar-refractivity contribution in [1.82, 2.24) is 19.9 Å². The van der Waals surface area contributed by atoms with Gasteiger partial charge in [-0.3, -0.25) is 14.8 Å². The van der Waals surface area contributed by atoms with Gasteiger partial charge in [-0.25, -0.2) is 9.37 Å². The lowest BCUT2D eigenvalue weighted by Gasteiger charge is -2.08. The van der Waals surface area contributed by atoms with E-state index in [2.05, 4.69) is 25.3 Å². The average molecular weight is 333 g/mol. The summed E-state index contributed by atoms with van der Waals surface area (Å²) < 4.78 is 13.0. The average Bonchev–Trinajstić information content (AvgIpc) is 2.64. The molecule has 6 nitrogen and oxygen atoms in total. The molecule has 0 aliphatic carbocycles. The first-order valence-corrected chi connectivity index (χ1v) is 7.53. The van der Waals surface area contributed by atoms with Crippen LogP contribution in [0.3, 0.4) is 0 Å². The van der Waals surface area contributed by atoms with Crippen molar-refractivity contribution >= 4 is 22.7 Å². The molecule has 3 aromatic heterocycles. The number of fused-ring (bicyclic) bond motifs is 1. The van der Waals surface area contributed by atoms with Crippen molar-refractivity contribution in [3.63, 3.8) is 0 Å². The topological polar surface area (TPSA) is 83.6 Å². The van der Waals surface area contributed by atoms with E-state index < -0.39 is 0 Å². The van der Waals surface area contributed by atoms with Crippen LogP contribution in [0.25, 0.3) is 22.2 Å². The molecule has 0 atom stereocenters. The molecule has 1 aromatic carbocycles. The zero-order valence-corrected chi connectivity index (χ0v) is 12.9. The molecule has 0 unspecified atom stereocenters. The van der Waals surface area contributed by atoms with E-state index in [9.17, 15) is 9.18 Å². The van der Waals surface area contributed by atoms with Gasteiger partial charge in [0.1, 0.15) is 5.82 Å². The summed E-state index contributed by atoms with van der Waals surface area (Å²) in [6, 6.07) is 11.2. The van der Waals surface area contributed by atoms with E-state index in [1.807, 2.05) is 6.07 Å². The van der Waals surface area contributed by atoms with E-state index >= 15 is 0 Å². The predicted octanol–water partition coefficient (Wildman–Crippen LogP) is 3.26. The van der Waals surface area contributed by atoms with Crippen LogP contribution in [0.4, 0.5) is 16.0 Å². The monoisotopic (exact) mass is 333 g/mol. The van der Waals surface area contributed by atoms with E-state index in [1.54, 1.807) is 42.9 Å². The highest BCUT2D eigenvalue weighted by atomic mass is 19.1. The number of nitrogens with zero attached hydrogens (tertiary/aromatic N) is 3. The molecule has 122 valence electrons. The number of pyridine rings is 2. The number of aromatic amines is 1. The van der Waals surface area contributed by atoms with Gasteiger partial charge in [0.25, 0.3) is 5.56 Å². The number of anilines is 2. The first-order valence-electron chi connectivity index (χ1n) is 7.53. The Balaban J connectivity index is 1.81. The van der Waals surface area contributed by atoms with Gasteiger partial charge in [-0.05, 0) is 36.4 Å². The number of benzene rings is 1. The smallest absolute Gasteiger partial charge is 0.262 e. The third kappa shape index (κ3) is 2.94. The fourth-order valence-corrected chi connectivity index (χ4v) is 2.56. The summed E-state index contributed by atoms with van der Waals surface area (Å²) in [5.74, 6) is -0.103. The van der Waals surface area contributed by atoms with Gasteiger partial charge in [0.05, 0.1) is 5.39 Å². The summed E-state index contributed by atoms with van der Waals surface area (Å²) in [7, 11) is 0. The van der Waals surface area contributed by atoms with Crippen molar-refractivity contribution in [2.45, 2.75) is 0 Å². The van der Waals surface area contributed by atoms with E-state index in [1.165, 1.54) is 12.1 Å². The minimum Gasteiger partial charge on any atom is -0.326 e. The molecular weight excluding hydrogens is 321 g/mol. The predicted molar refractivity (Wildman–Crippen MR) is 93.1 cm³/mol. The second-order valence-electron chi connectivity index (χ2n) is 5.35. The lowest BCUT2D eigenvalue weighted by atomic mass is 10.1. The molecule has 4 rings (SSSR count). The molecule has 0 saturated carbocycles. The molecule has 0 bridgehead atoms. The molecule has 0 aliphatic rings. The molecule has 0 radical (unpaired) electrons. The lowest BCUT2D eigenvalue weighted by Crippen LogP contribution is -2.13. The fourth-order valence-electron chi connectivity index (χ4n) is 2.56. The van der Waals surface area contributed by atoms with Crippen molar-refractivity contribution in [3.8, 4) is 11.1 Å². The van der Waals surface area contributed by atoms with Crippen LogP contribution in [-0.2, 0) is 0 Å². The molecular formula is C18H12FN5O. The largest absolute Gasteiger partial charge is 0.326 e. The Kier molecular flexibility index (Phi) is 3.66. The van der Waals surface area contributed by atoms with Crippen molar-refractivity contribution in [2.75, 3.05) is 5.32 Å². The third-order valence-corrected chi connectivity index (χ3v) is 3.69. The van der Waals surface area contributed by atoms with Crippen LogP contribution in [0, 0.1) is 5.82 Å². The molecule has 2 N–H and O–H groups in total. The van der Waals surface area contributed by atoms with Gasteiger partial charge in [-0.15, -0.1) is 0 Å². The van der Waals surface area contributed by atoms with E-state index in [-0.39, 0.29) is 17.3 Å². The van der Waals surface area contributed by atoms with Crippen molar-refractivity contribution < 1.29 is 4.39 Å². The SMILES string of the molecule is O=c1[nH]c(Nc2ccc(F)cc2)nc2nccc(-c3cccnc3)c12. The van der Waals surface area contributed by atoms with E-state index in [0.717, 1.165) is 5.56 Å². The maximum Gasteiger partial charge on any atom is 0.262 e. The normalized spacial score (nSPS) is 10.8. The number of hydrogen-bond donors (Lipinski definition) is 2. The van der Waals surface area contributed by atoms with E-state index in [4.69, 9.17) is 0 Å². The zero-order valence-electron chi connectivity index (χ0n) is 12.9. The molecule has 7 heteroatoms. The molecule has 0 aliphatic heterocycles. The number of H-pyrrole nitrogens is 1. The van der Waals surface area contributed by atoms with Crippen molar-refractivity contribution in [2.24, 2.45) is 0 Å². The van der Waals surface area contributed by atoms with Crippen LogP contribution < -0.4 is 10.9 Å². The Hall–Kier alpha value is -3.61. The summed E-state index contributed by atoms with van der Waals surface area (Å²) in [5.41, 5.74) is 2.12. The highest BCUT2D eigenvalue weighted by Gasteiger charge is 2.11. The molecule has 0 fully saturated rings. The Morgan fingerprint density at radius 1 is 1.04 bits per heavy atom. The minimum absolute atomic E-state index is 0.236. The summed E-state index contributed by atoms with van der Waals surface area (Å²) in [5, 5.41) is 3.33. The van der Waals surface area contributed by atoms with Crippen LogP contribution in [-0.4, -0.2) is 19.9 Å².